The first kappa shape index (κ1) is 21.1. The minimum atomic E-state index is 0.0519. The number of nitrogens with zero attached hydrogens (tertiary/aromatic N) is 4. The molecule has 1 fully saturated rings. The van der Waals surface area contributed by atoms with Crippen molar-refractivity contribution >= 4 is 16.6 Å². The van der Waals surface area contributed by atoms with Crippen LogP contribution in [0.1, 0.15) is 46.1 Å². The van der Waals surface area contributed by atoms with Gasteiger partial charge in [-0.25, -0.2) is 0 Å². The van der Waals surface area contributed by atoms with Crippen molar-refractivity contribution in [3.8, 4) is 23.1 Å². The number of phenols is 1. The molecule has 0 atom stereocenters. The minimum absolute atomic E-state index is 0.0519. The van der Waals surface area contributed by atoms with Crippen LogP contribution in [0, 0.1) is 11.3 Å². The lowest BCUT2D eigenvalue weighted by atomic mass is 9.79. The quantitative estimate of drug-likeness (QED) is 0.649. The lowest BCUT2D eigenvalue weighted by Gasteiger charge is -2.49. The Kier molecular flexibility index (Phi) is 5.10. The Morgan fingerprint density at radius 1 is 1.00 bits per heavy atom. The molecule has 2 N–H and O–H groups in total. The Morgan fingerprint density at radius 3 is 2.32 bits per heavy atom. The van der Waals surface area contributed by atoms with Crippen molar-refractivity contribution < 1.29 is 5.11 Å². The topological polar surface area (TPSA) is 85.1 Å². The Balaban J connectivity index is 1.61. The summed E-state index contributed by atoms with van der Waals surface area (Å²) < 4.78 is 0. The molecule has 1 aromatic heterocycles. The van der Waals surface area contributed by atoms with Crippen LogP contribution in [0.3, 0.4) is 0 Å². The monoisotopic (exact) mass is 415 g/mol. The van der Waals surface area contributed by atoms with Crippen molar-refractivity contribution in [1.82, 2.24) is 15.5 Å². The van der Waals surface area contributed by atoms with E-state index < -0.39 is 0 Å². The van der Waals surface area contributed by atoms with E-state index in [0.29, 0.717) is 22.9 Å². The summed E-state index contributed by atoms with van der Waals surface area (Å²) in [6.07, 6.45) is 2.04. The fraction of sp³-hybridized carbons (Fsp3) is 0.400. The number of aromatic hydroxyl groups is 1. The fourth-order valence-electron chi connectivity index (χ4n) is 4.95. The molecule has 6 nitrogen and oxygen atoms in total. The van der Waals surface area contributed by atoms with Gasteiger partial charge in [-0.3, -0.25) is 0 Å². The summed E-state index contributed by atoms with van der Waals surface area (Å²) in [5, 5.41) is 34.0. The van der Waals surface area contributed by atoms with Gasteiger partial charge in [0.05, 0.1) is 17.3 Å². The number of aromatic nitrogens is 2. The molecule has 2 aromatic carbocycles. The third-order valence-corrected chi connectivity index (χ3v) is 6.09. The number of phenolic OH excluding ortho intramolecular Hbond substituents is 1. The highest BCUT2D eigenvalue weighted by Crippen LogP contribution is 2.35. The second-order valence-electron chi connectivity index (χ2n) is 9.89. The summed E-state index contributed by atoms with van der Waals surface area (Å²) in [4.78, 5) is 2.21. The Bertz CT molecular complexity index is 1140. The average molecular weight is 416 g/mol. The van der Waals surface area contributed by atoms with Crippen LogP contribution in [0.5, 0.6) is 5.75 Å². The van der Waals surface area contributed by atoms with Gasteiger partial charge < -0.3 is 15.3 Å². The normalized spacial score (nSPS) is 17.9. The number of rotatable bonds is 3. The molecular weight excluding hydrogens is 386 g/mol. The molecule has 1 aliphatic rings. The van der Waals surface area contributed by atoms with Crippen molar-refractivity contribution in [2.75, 3.05) is 11.9 Å². The molecular formula is C25H29N5O. The smallest absolute Gasteiger partial charge is 0.151 e. The molecule has 160 valence electrons. The van der Waals surface area contributed by atoms with E-state index in [0.717, 1.165) is 29.4 Å². The molecule has 0 aliphatic carbocycles. The SMILES string of the molecule is CN(c1ccc(-c2cc3ccc(C#N)cc3cc2O)nn1)C1CC(C)(C)NC(C)(C)C1. The van der Waals surface area contributed by atoms with Crippen molar-refractivity contribution in [3.05, 3.63) is 48.0 Å². The zero-order valence-corrected chi connectivity index (χ0v) is 18.8. The van der Waals surface area contributed by atoms with Gasteiger partial charge >= 0.3 is 0 Å². The molecule has 3 aromatic rings. The van der Waals surface area contributed by atoms with Crippen molar-refractivity contribution in [2.24, 2.45) is 0 Å². The molecule has 4 rings (SSSR count). The first-order valence-corrected chi connectivity index (χ1v) is 10.6. The van der Waals surface area contributed by atoms with Gasteiger partial charge in [0.15, 0.2) is 5.82 Å². The zero-order valence-electron chi connectivity index (χ0n) is 18.8. The third kappa shape index (κ3) is 4.33. The maximum Gasteiger partial charge on any atom is 0.151 e. The summed E-state index contributed by atoms with van der Waals surface area (Å²) in [5.74, 6) is 0.945. The number of piperidine rings is 1. The summed E-state index contributed by atoms with van der Waals surface area (Å²) in [5.41, 5.74) is 1.91. The summed E-state index contributed by atoms with van der Waals surface area (Å²) >= 11 is 0. The third-order valence-electron chi connectivity index (χ3n) is 6.09. The first-order valence-electron chi connectivity index (χ1n) is 10.6. The molecule has 2 heterocycles. The molecule has 6 heteroatoms. The van der Waals surface area contributed by atoms with E-state index in [1.54, 1.807) is 18.2 Å². The summed E-state index contributed by atoms with van der Waals surface area (Å²) in [6, 6.07) is 15.3. The van der Waals surface area contributed by atoms with Crippen LogP contribution in [0.25, 0.3) is 22.0 Å². The van der Waals surface area contributed by atoms with Gasteiger partial charge in [0.25, 0.3) is 0 Å². The van der Waals surface area contributed by atoms with Crippen LogP contribution in [0.15, 0.2) is 42.5 Å². The van der Waals surface area contributed by atoms with E-state index in [9.17, 15) is 5.11 Å². The van der Waals surface area contributed by atoms with Crippen LogP contribution >= 0.6 is 0 Å². The van der Waals surface area contributed by atoms with Crippen molar-refractivity contribution in [3.63, 3.8) is 0 Å². The zero-order chi connectivity index (χ0) is 22.4. The lowest BCUT2D eigenvalue weighted by Crippen LogP contribution is -2.62. The largest absolute Gasteiger partial charge is 0.507 e. The van der Waals surface area contributed by atoms with Crippen LogP contribution in [0.4, 0.5) is 5.82 Å². The summed E-state index contributed by atoms with van der Waals surface area (Å²) in [7, 11) is 2.08. The highest BCUT2D eigenvalue weighted by Gasteiger charge is 2.39. The molecule has 0 spiro atoms. The van der Waals surface area contributed by atoms with E-state index in [-0.39, 0.29) is 16.8 Å². The average Bonchev–Trinajstić information content (AvgIpc) is 2.70. The number of fused-ring (bicyclic) bond motifs is 1. The number of hydrogen-bond acceptors (Lipinski definition) is 6. The van der Waals surface area contributed by atoms with Gasteiger partial charge in [-0.15, -0.1) is 10.2 Å². The van der Waals surface area contributed by atoms with E-state index in [2.05, 4.69) is 61.2 Å². The number of hydrogen-bond donors (Lipinski definition) is 2. The van der Waals surface area contributed by atoms with Gasteiger partial charge in [0.2, 0.25) is 0 Å². The number of nitrogens with one attached hydrogen (secondary N) is 1. The predicted octanol–water partition coefficient (Wildman–Crippen LogP) is 4.62. The van der Waals surface area contributed by atoms with Gasteiger partial charge in [0.1, 0.15) is 5.75 Å². The molecule has 31 heavy (non-hydrogen) atoms. The maximum atomic E-state index is 10.6. The molecule has 1 aliphatic heterocycles. The minimum Gasteiger partial charge on any atom is -0.507 e. The Morgan fingerprint density at radius 2 is 1.71 bits per heavy atom. The number of benzene rings is 2. The predicted molar refractivity (Wildman–Crippen MR) is 124 cm³/mol. The van der Waals surface area contributed by atoms with Crippen LogP contribution < -0.4 is 10.2 Å². The lowest BCUT2D eigenvalue weighted by molar-refractivity contribution is 0.160. The molecule has 0 unspecified atom stereocenters. The van der Waals surface area contributed by atoms with Crippen LogP contribution in [0.2, 0.25) is 0 Å². The van der Waals surface area contributed by atoms with E-state index in [1.165, 1.54) is 0 Å². The van der Waals surface area contributed by atoms with E-state index >= 15 is 0 Å². The van der Waals surface area contributed by atoms with Gasteiger partial charge in [-0.1, -0.05) is 6.07 Å². The molecule has 0 bridgehead atoms. The van der Waals surface area contributed by atoms with Crippen molar-refractivity contribution in [1.29, 1.82) is 5.26 Å². The number of nitriles is 1. The molecule has 0 amide bonds. The first-order chi connectivity index (χ1) is 14.6. The van der Waals surface area contributed by atoms with Crippen LogP contribution in [-0.4, -0.2) is 39.5 Å². The second kappa shape index (κ2) is 7.51. The number of anilines is 1. The molecule has 0 radical (unpaired) electrons. The second-order valence-corrected chi connectivity index (χ2v) is 9.89. The van der Waals surface area contributed by atoms with Crippen molar-refractivity contribution in [2.45, 2.75) is 57.7 Å². The highest BCUT2D eigenvalue weighted by molar-refractivity contribution is 5.90. The Hall–Kier alpha value is -3.17. The van der Waals surface area contributed by atoms with E-state index in [1.807, 2.05) is 24.3 Å². The van der Waals surface area contributed by atoms with Crippen LogP contribution in [-0.2, 0) is 0 Å². The summed E-state index contributed by atoms with van der Waals surface area (Å²) in [6.45, 7) is 8.97. The highest BCUT2D eigenvalue weighted by atomic mass is 16.3. The molecule has 0 saturated carbocycles. The Labute approximate surface area is 183 Å². The van der Waals surface area contributed by atoms with Gasteiger partial charge in [-0.05, 0) is 87.7 Å². The fourth-order valence-corrected chi connectivity index (χ4v) is 4.95. The van der Waals surface area contributed by atoms with Gasteiger partial charge in [-0.2, -0.15) is 5.26 Å². The van der Waals surface area contributed by atoms with Gasteiger partial charge in [0, 0.05) is 29.7 Å². The van der Waals surface area contributed by atoms with E-state index in [4.69, 9.17) is 5.26 Å². The molecule has 1 saturated heterocycles. The maximum absolute atomic E-state index is 10.6. The standard InChI is InChI=1S/C25H29N5O/c1-24(2)13-19(14-25(3,4)29-24)30(5)23-9-8-21(27-28-23)20-11-17-7-6-16(15-26)10-18(17)12-22(20)31/h6-12,19,29,31H,13-14H2,1-5H3.